The number of nitrogens with zero attached hydrogens (tertiary/aromatic N) is 1. The van der Waals surface area contributed by atoms with Crippen LogP contribution in [0.4, 0.5) is 4.79 Å². The third-order valence-electron chi connectivity index (χ3n) is 3.71. The Morgan fingerprint density at radius 3 is 2.29 bits per heavy atom. The van der Waals surface area contributed by atoms with Crippen LogP contribution in [0.2, 0.25) is 0 Å². The zero-order valence-electron chi connectivity index (χ0n) is 15.2. The van der Waals surface area contributed by atoms with Gasteiger partial charge in [-0.15, -0.1) is 0 Å². The number of benzene rings is 1. The molecule has 0 aliphatic heterocycles. The van der Waals surface area contributed by atoms with Crippen molar-refractivity contribution >= 4 is 23.0 Å². The molecule has 0 aliphatic carbocycles. The van der Waals surface area contributed by atoms with Crippen LogP contribution < -0.4 is 0 Å². The molecule has 1 aromatic heterocycles. The topological polar surface area (TPSA) is 57.5 Å². The van der Waals surface area contributed by atoms with Crippen molar-refractivity contribution in [3.8, 4) is 0 Å². The molecule has 0 atom stereocenters. The highest BCUT2D eigenvalue weighted by molar-refractivity contribution is 5.94. The molecule has 0 unspecified atom stereocenters. The third kappa shape index (κ3) is 3.45. The van der Waals surface area contributed by atoms with E-state index in [-0.39, 0.29) is 12.6 Å². The zero-order chi connectivity index (χ0) is 18.1. The molecule has 24 heavy (non-hydrogen) atoms. The maximum atomic E-state index is 12.8. The fourth-order valence-electron chi connectivity index (χ4n) is 2.54. The molecule has 0 N–H and O–H groups in total. The molecule has 0 bridgehead atoms. The molecular formula is C19H25NO4. The second-order valence-corrected chi connectivity index (χ2v) is 7.25. The van der Waals surface area contributed by atoms with Crippen LogP contribution in [0, 0.1) is 0 Å². The first-order valence-electron chi connectivity index (χ1n) is 8.09. The number of aromatic nitrogens is 1. The van der Waals surface area contributed by atoms with E-state index in [9.17, 15) is 9.59 Å². The van der Waals surface area contributed by atoms with Crippen molar-refractivity contribution in [3.05, 3.63) is 36.0 Å². The highest BCUT2D eigenvalue weighted by Crippen LogP contribution is 2.31. The molecule has 0 amide bonds. The molecule has 5 nitrogen and oxygen atoms in total. The minimum atomic E-state index is -0.980. The molecule has 0 saturated heterocycles. The molecule has 0 fully saturated rings. The van der Waals surface area contributed by atoms with Gasteiger partial charge in [0.2, 0.25) is 0 Å². The summed E-state index contributed by atoms with van der Waals surface area (Å²) in [4.78, 5) is 25.2. The molecule has 0 radical (unpaired) electrons. The Morgan fingerprint density at radius 1 is 1.08 bits per heavy atom. The summed E-state index contributed by atoms with van der Waals surface area (Å²) in [6, 6.07) is 9.33. The van der Waals surface area contributed by atoms with E-state index in [2.05, 4.69) is 0 Å². The lowest BCUT2D eigenvalue weighted by atomic mass is 9.89. The van der Waals surface area contributed by atoms with Gasteiger partial charge in [-0.1, -0.05) is 18.2 Å². The molecular weight excluding hydrogens is 306 g/mol. The minimum absolute atomic E-state index is 0.287. The third-order valence-corrected chi connectivity index (χ3v) is 3.71. The highest BCUT2D eigenvalue weighted by atomic mass is 16.6. The Hall–Kier alpha value is -2.30. The maximum Gasteiger partial charge on any atom is 0.419 e. The van der Waals surface area contributed by atoms with Crippen LogP contribution in [0.5, 0.6) is 0 Å². The molecule has 130 valence electrons. The van der Waals surface area contributed by atoms with Crippen molar-refractivity contribution in [3.63, 3.8) is 0 Å². The average Bonchev–Trinajstić information content (AvgIpc) is 2.85. The SMILES string of the molecule is CCOC(=O)C(C)(C)c1cc2ccccc2n1C(=O)OC(C)(C)C. The van der Waals surface area contributed by atoms with Gasteiger partial charge in [-0.2, -0.15) is 0 Å². The Kier molecular flexibility index (Phi) is 4.74. The molecule has 5 heteroatoms. The average molecular weight is 331 g/mol. The lowest BCUT2D eigenvalue weighted by Crippen LogP contribution is -2.36. The van der Waals surface area contributed by atoms with Crippen molar-refractivity contribution in [1.82, 2.24) is 4.57 Å². The smallest absolute Gasteiger partial charge is 0.419 e. The minimum Gasteiger partial charge on any atom is -0.465 e. The van der Waals surface area contributed by atoms with Gasteiger partial charge in [0.1, 0.15) is 11.0 Å². The fraction of sp³-hybridized carbons (Fsp3) is 0.474. The monoisotopic (exact) mass is 331 g/mol. The number of carbonyl (C=O) groups is 2. The summed E-state index contributed by atoms with van der Waals surface area (Å²) in [5.41, 5.74) is -0.352. The predicted octanol–water partition coefficient (Wildman–Crippen LogP) is 4.27. The van der Waals surface area contributed by atoms with Crippen molar-refractivity contribution in [2.24, 2.45) is 0 Å². The molecule has 0 spiro atoms. The fourth-order valence-corrected chi connectivity index (χ4v) is 2.54. The van der Waals surface area contributed by atoms with Gasteiger partial charge in [-0.05, 0) is 53.7 Å². The largest absolute Gasteiger partial charge is 0.465 e. The second-order valence-electron chi connectivity index (χ2n) is 7.25. The van der Waals surface area contributed by atoms with Crippen LogP contribution in [-0.2, 0) is 19.7 Å². The Labute approximate surface area is 142 Å². The van der Waals surface area contributed by atoms with Crippen LogP contribution in [0.1, 0.15) is 47.2 Å². The number of rotatable bonds is 3. The number of hydrogen-bond acceptors (Lipinski definition) is 4. The van der Waals surface area contributed by atoms with Crippen molar-refractivity contribution < 1.29 is 19.1 Å². The molecule has 1 heterocycles. The Morgan fingerprint density at radius 2 is 1.71 bits per heavy atom. The number of para-hydroxylation sites is 1. The highest BCUT2D eigenvalue weighted by Gasteiger charge is 2.37. The maximum absolute atomic E-state index is 12.8. The van der Waals surface area contributed by atoms with E-state index >= 15 is 0 Å². The number of carbonyl (C=O) groups excluding carboxylic acids is 2. The standard InChI is InChI=1S/C19H25NO4/c1-7-23-16(21)19(5,6)15-12-13-10-8-9-11-14(13)20(15)17(22)24-18(2,3)4/h8-12H,7H2,1-6H3. The van der Waals surface area contributed by atoms with Crippen LogP contribution >= 0.6 is 0 Å². The van der Waals surface area contributed by atoms with Crippen molar-refractivity contribution in [2.45, 2.75) is 52.6 Å². The van der Waals surface area contributed by atoms with Gasteiger partial charge >= 0.3 is 12.1 Å². The van der Waals surface area contributed by atoms with Crippen LogP contribution in [-0.4, -0.2) is 28.8 Å². The van der Waals surface area contributed by atoms with Crippen molar-refractivity contribution in [1.29, 1.82) is 0 Å². The summed E-state index contributed by atoms with van der Waals surface area (Å²) in [5, 5.41) is 0.871. The number of hydrogen-bond donors (Lipinski definition) is 0. The van der Waals surface area contributed by atoms with Gasteiger partial charge in [-0.25, -0.2) is 9.36 Å². The zero-order valence-corrected chi connectivity index (χ0v) is 15.2. The summed E-state index contributed by atoms with van der Waals surface area (Å²) in [6.45, 7) is 11.0. The normalized spacial score (nSPS) is 12.2. The number of ether oxygens (including phenoxy) is 2. The first-order chi connectivity index (χ1) is 11.1. The predicted molar refractivity (Wildman–Crippen MR) is 93.2 cm³/mol. The summed E-state index contributed by atoms with van der Waals surface area (Å²) >= 11 is 0. The van der Waals surface area contributed by atoms with Crippen LogP contribution in [0.3, 0.4) is 0 Å². The molecule has 2 aromatic rings. The van der Waals surface area contributed by atoms with Gasteiger partial charge in [0.15, 0.2) is 0 Å². The molecule has 0 saturated carbocycles. The van der Waals surface area contributed by atoms with Gasteiger partial charge < -0.3 is 9.47 Å². The van der Waals surface area contributed by atoms with Gasteiger partial charge in [0.25, 0.3) is 0 Å². The molecule has 0 aliphatic rings. The van der Waals surface area contributed by atoms with E-state index in [1.165, 1.54) is 4.57 Å². The van der Waals surface area contributed by atoms with E-state index < -0.39 is 17.1 Å². The van der Waals surface area contributed by atoms with Crippen molar-refractivity contribution in [2.75, 3.05) is 6.61 Å². The number of esters is 1. The van der Waals surface area contributed by atoms with Crippen LogP contribution in [0.25, 0.3) is 10.9 Å². The number of fused-ring (bicyclic) bond motifs is 1. The second kappa shape index (κ2) is 6.30. The van der Waals surface area contributed by atoms with Gasteiger partial charge in [0.05, 0.1) is 12.1 Å². The Balaban J connectivity index is 2.63. The van der Waals surface area contributed by atoms with E-state index in [0.29, 0.717) is 11.2 Å². The first kappa shape index (κ1) is 18.0. The first-order valence-corrected chi connectivity index (χ1v) is 8.09. The summed E-state index contributed by atoms with van der Waals surface area (Å²) in [5.74, 6) is -0.377. The summed E-state index contributed by atoms with van der Waals surface area (Å²) in [7, 11) is 0. The quantitative estimate of drug-likeness (QED) is 0.788. The molecule has 2 rings (SSSR count). The summed E-state index contributed by atoms with van der Waals surface area (Å²) < 4.78 is 12.2. The lowest BCUT2D eigenvalue weighted by Gasteiger charge is -2.26. The van der Waals surface area contributed by atoms with E-state index in [0.717, 1.165) is 5.39 Å². The van der Waals surface area contributed by atoms with Gasteiger partial charge in [0, 0.05) is 11.1 Å². The van der Waals surface area contributed by atoms with Crippen LogP contribution in [0.15, 0.2) is 30.3 Å². The van der Waals surface area contributed by atoms with E-state index in [4.69, 9.17) is 9.47 Å². The van der Waals surface area contributed by atoms with Gasteiger partial charge in [-0.3, -0.25) is 4.79 Å². The molecule has 1 aromatic carbocycles. The Bertz CT molecular complexity index is 765. The summed E-state index contributed by atoms with van der Waals surface area (Å²) in [6.07, 6.45) is -0.504. The lowest BCUT2D eigenvalue weighted by molar-refractivity contribution is -0.149. The van der Waals surface area contributed by atoms with E-state index in [1.807, 2.05) is 51.1 Å². The van der Waals surface area contributed by atoms with E-state index in [1.54, 1.807) is 20.8 Å².